The first-order valence-corrected chi connectivity index (χ1v) is 8.64. The number of nitrogens with one attached hydrogen (secondary N) is 1. The van der Waals surface area contributed by atoms with Crippen LogP contribution in [0.1, 0.15) is 30.4 Å². The molecular formula is C20H24N4O. The van der Waals surface area contributed by atoms with Crippen LogP contribution in [0.15, 0.2) is 42.6 Å². The van der Waals surface area contributed by atoms with Crippen molar-refractivity contribution in [3.05, 3.63) is 59.7 Å². The van der Waals surface area contributed by atoms with Gasteiger partial charge in [0.25, 0.3) is 0 Å². The Hall–Kier alpha value is -2.69. The molecule has 0 bridgehead atoms. The fourth-order valence-corrected chi connectivity index (χ4v) is 2.92. The van der Waals surface area contributed by atoms with E-state index >= 15 is 0 Å². The molecule has 0 saturated heterocycles. The number of para-hydroxylation sites is 2. The molecule has 3 aromatic rings. The van der Waals surface area contributed by atoms with Gasteiger partial charge >= 0.3 is 0 Å². The standard InChI is InChI=1S/C20H24N4O/c1-14-10-11-21-16(12-14)13-15(2)24(3)20(25)9-8-19-22-17-6-4-5-7-18(17)23-19/h4-7,10-12,15H,8-9,13H2,1-3H3,(H,22,23)/t15-/m1/s1. The third-order valence-electron chi connectivity index (χ3n) is 4.55. The summed E-state index contributed by atoms with van der Waals surface area (Å²) in [6.07, 6.45) is 3.64. The first kappa shape index (κ1) is 17.1. The summed E-state index contributed by atoms with van der Waals surface area (Å²) in [6, 6.07) is 12.1. The van der Waals surface area contributed by atoms with Gasteiger partial charge in [-0.2, -0.15) is 0 Å². The molecule has 1 amide bonds. The molecule has 1 aromatic carbocycles. The van der Waals surface area contributed by atoms with Crippen LogP contribution >= 0.6 is 0 Å². The highest BCUT2D eigenvalue weighted by Gasteiger charge is 2.17. The smallest absolute Gasteiger partial charge is 0.223 e. The highest BCUT2D eigenvalue weighted by molar-refractivity contribution is 5.77. The second kappa shape index (κ2) is 7.47. The number of aromatic nitrogens is 3. The summed E-state index contributed by atoms with van der Waals surface area (Å²) in [5.41, 5.74) is 4.16. The van der Waals surface area contributed by atoms with E-state index in [0.717, 1.165) is 29.0 Å². The minimum Gasteiger partial charge on any atom is -0.343 e. The van der Waals surface area contributed by atoms with Crippen molar-refractivity contribution >= 4 is 16.9 Å². The second-order valence-corrected chi connectivity index (χ2v) is 6.58. The lowest BCUT2D eigenvalue weighted by Gasteiger charge is -2.24. The normalized spacial score (nSPS) is 12.3. The van der Waals surface area contributed by atoms with Crippen LogP contribution in [-0.4, -0.2) is 38.8 Å². The van der Waals surface area contributed by atoms with Crippen LogP contribution in [0.25, 0.3) is 11.0 Å². The summed E-state index contributed by atoms with van der Waals surface area (Å²) < 4.78 is 0. The van der Waals surface area contributed by atoms with E-state index in [4.69, 9.17) is 0 Å². The van der Waals surface area contributed by atoms with Crippen molar-refractivity contribution in [3.8, 4) is 0 Å². The number of carbonyl (C=O) groups is 1. The van der Waals surface area contributed by atoms with Gasteiger partial charge in [-0.15, -0.1) is 0 Å². The number of hydrogen-bond donors (Lipinski definition) is 1. The number of rotatable bonds is 6. The third kappa shape index (κ3) is 4.24. The van der Waals surface area contributed by atoms with Gasteiger partial charge in [0.05, 0.1) is 11.0 Å². The molecule has 3 rings (SSSR count). The van der Waals surface area contributed by atoms with Crippen molar-refractivity contribution in [3.63, 3.8) is 0 Å². The number of aryl methyl sites for hydroxylation is 2. The van der Waals surface area contributed by atoms with Gasteiger partial charge in [-0.3, -0.25) is 9.78 Å². The van der Waals surface area contributed by atoms with Crippen molar-refractivity contribution < 1.29 is 4.79 Å². The second-order valence-electron chi connectivity index (χ2n) is 6.58. The van der Waals surface area contributed by atoms with E-state index in [2.05, 4.69) is 34.9 Å². The highest BCUT2D eigenvalue weighted by Crippen LogP contribution is 2.13. The molecule has 0 aliphatic carbocycles. The van der Waals surface area contributed by atoms with Crippen LogP contribution in [-0.2, 0) is 17.6 Å². The molecule has 0 aliphatic rings. The Balaban J connectivity index is 1.56. The highest BCUT2D eigenvalue weighted by atomic mass is 16.2. The van der Waals surface area contributed by atoms with E-state index in [1.54, 1.807) is 0 Å². The maximum absolute atomic E-state index is 12.5. The summed E-state index contributed by atoms with van der Waals surface area (Å²) in [6.45, 7) is 4.11. The Kier molecular flexibility index (Phi) is 5.12. The third-order valence-corrected chi connectivity index (χ3v) is 4.55. The number of benzene rings is 1. The number of carbonyl (C=O) groups excluding carboxylic acids is 1. The van der Waals surface area contributed by atoms with Crippen molar-refractivity contribution in [1.82, 2.24) is 19.9 Å². The van der Waals surface area contributed by atoms with E-state index in [1.165, 1.54) is 5.56 Å². The van der Waals surface area contributed by atoms with E-state index in [-0.39, 0.29) is 11.9 Å². The molecule has 1 atom stereocenters. The summed E-state index contributed by atoms with van der Waals surface area (Å²) in [4.78, 5) is 26.5. The molecule has 5 nitrogen and oxygen atoms in total. The van der Waals surface area contributed by atoms with Gasteiger partial charge in [0.1, 0.15) is 5.82 Å². The Morgan fingerprint density at radius 3 is 2.84 bits per heavy atom. The molecule has 0 aliphatic heterocycles. The first-order valence-electron chi connectivity index (χ1n) is 8.64. The zero-order valence-corrected chi connectivity index (χ0v) is 15.0. The summed E-state index contributed by atoms with van der Waals surface area (Å²) >= 11 is 0. The van der Waals surface area contributed by atoms with Gasteiger partial charge in [0.15, 0.2) is 0 Å². The van der Waals surface area contributed by atoms with Gasteiger partial charge in [0, 0.05) is 44.2 Å². The maximum atomic E-state index is 12.5. The monoisotopic (exact) mass is 336 g/mol. The Bertz CT molecular complexity index is 838. The van der Waals surface area contributed by atoms with Gasteiger partial charge in [0.2, 0.25) is 5.91 Å². The topological polar surface area (TPSA) is 61.9 Å². The molecule has 0 radical (unpaired) electrons. The number of H-pyrrole nitrogens is 1. The van der Waals surface area contributed by atoms with Crippen molar-refractivity contribution in [1.29, 1.82) is 0 Å². The number of amides is 1. The number of likely N-dealkylation sites (N-methyl/N-ethyl adjacent to an activating group) is 1. The van der Waals surface area contributed by atoms with E-state index in [1.807, 2.05) is 48.5 Å². The molecule has 0 unspecified atom stereocenters. The molecule has 130 valence electrons. The zero-order valence-electron chi connectivity index (χ0n) is 15.0. The Labute approximate surface area is 148 Å². The van der Waals surface area contributed by atoms with Crippen LogP contribution in [0, 0.1) is 6.92 Å². The van der Waals surface area contributed by atoms with Crippen LogP contribution in [0.3, 0.4) is 0 Å². The Morgan fingerprint density at radius 2 is 2.08 bits per heavy atom. The molecule has 0 saturated carbocycles. The number of pyridine rings is 1. The summed E-state index contributed by atoms with van der Waals surface area (Å²) in [7, 11) is 1.86. The molecule has 2 heterocycles. The van der Waals surface area contributed by atoms with E-state index in [9.17, 15) is 4.79 Å². The van der Waals surface area contributed by atoms with Gasteiger partial charge in [-0.25, -0.2) is 4.98 Å². The average molecular weight is 336 g/mol. The molecule has 25 heavy (non-hydrogen) atoms. The minimum absolute atomic E-state index is 0.109. The number of hydrogen-bond acceptors (Lipinski definition) is 3. The number of aromatic amines is 1. The quantitative estimate of drug-likeness (QED) is 0.751. The lowest BCUT2D eigenvalue weighted by atomic mass is 10.1. The zero-order chi connectivity index (χ0) is 17.8. The van der Waals surface area contributed by atoms with Gasteiger partial charge in [-0.1, -0.05) is 12.1 Å². The molecule has 0 spiro atoms. The van der Waals surface area contributed by atoms with E-state index in [0.29, 0.717) is 12.8 Å². The SMILES string of the molecule is Cc1ccnc(C[C@@H](C)N(C)C(=O)CCc2nc3ccccc3[nH]2)c1. The lowest BCUT2D eigenvalue weighted by molar-refractivity contribution is -0.131. The largest absolute Gasteiger partial charge is 0.343 e. The number of imidazole rings is 1. The summed E-state index contributed by atoms with van der Waals surface area (Å²) in [5, 5.41) is 0. The summed E-state index contributed by atoms with van der Waals surface area (Å²) in [5.74, 6) is 0.983. The number of nitrogens with zero attached hydrogens (tertiary/aromatic N) is 3. The average Bonchev–Trinajstić information content (AvgIpc) is 3.02. The molecule has 5 heteroatoms. The van der Waals surface area contributed by atoms with Crippen molar-refractivity contribution in [2.24, 2.45) is 0 Å². The maximum Gasteiger partial charge on any atom is 0.223 e. The van der Waals surface area contributed by atoms with Crippen molar-refractivity contribution in [2.45, 2.75) is 39.2 Å². The lowest BCUT2D eigenvalue weighted by Crippen LogP contribution is -2.36. The van der Waals surface area contributed by atoms with Crippen LogP contribution in [0.4, 0.5) is 0 Å². The van der Waals surface area contributed by atoms with Crippen LogP contribution in [0.2, 0.25) is 0 Å². The fraction of sp³-hybridized carbons (Fsp3) is 0.350. The Morgan fingerprint density at radius 1 is 1.28 bits per heavy atom. The minimum atomic E-state index is 0.109. The predicted molar refractivity (Wildman–Crippen MR) is 99.3 cm³/mol. The predicted octanol–water partition coefficient (Wildman–Crippen LogP) is 3.29. The van der Waals surface area contributed by atoms with Crippen LogP contribution < -0.4 is 0 Å². The van der Waals surface area contributed by atoms with Gasteiger partial charge < -0.3 is 9.88 Å². The van der Waals surface area contributed by atoms with Gasteiger partial charge in [-0.05, 0) is 43.7 Å². The molecular weight excluding hydrogens is 312 g/mol. The molecule has 2 aromatic heterocycles. The molecule has 1 N–H and O–H groups in total. The van der Waals surface area contributed by atoms with Crippen molar-refractivity contribution in [2.75, 3.05) is 7.05 Å². The molecule has 0 fully saturated rings. The van der Waals surface area contributed by atoms with E-state index < -0.39 is 0 Å². The van der Waals surface area contributed by atoms with Crippen LogP contribution in [0.5, 0.6) is 0 Å². The fourth-order valence-electron chi connectivity index (χ4n) is 2.92. The number of fused-ring (bicyclic) bond motifs is 1. The first-order chi connectivity index (χ1) is 12.0.